The molecule has 1 aromatic heterocycles. The summed E-state index contributed by atoms with van der Waals surface area (Å²) in [5.41, 5.74) is 1.44. The van der Waals surface area contributed by atoms with Crippen LogP contribution in [0.2, 0.25) is 0 Å². The minimum atomic E-state index is -4.67. The minimum absolute atomic E-state index is 0.150. The molecular weight excluding hydrogens is 355 g/mol. The topological polar surface area (TPSA) is 64.8 Å². The first-order chi connectivity index (χ1) is 10.6. The molecule has 1 aromatic carbocycles. The lowest BCUT2D eigenvalue weighted by Gasteiger charge is -2.12. The number of rotatable bonds is 3. The van der Waals surface area contributed by atoms with Gasteiger partial charge in [-0.3, -0.25) is 0 Å². The average Bonchev–Trinajstić information content (AvgIpc) is 3.12. The molecule has 23 heavy (non-hydrogen) atoms. The van der Waals surface area contributed by atoms with Crippen molar-refractivity contribution in [3.8, 4) is 5.69 Å². The second-order valence-corrected chi connectivity index (χ2v) is 7.93. The summed E-state index contributed by atoms with van der Waals surface area (Å²) in [5, 5.41) is 3.42. The Labute approximate surface area is 134 Å². The summed E-state index contributed by atoms with van der Waals surface area (Å²) in [7, 11) is 1.38. The molecule has 2 aromatic rings. The van der Waals surface area contributed by atoms with Crippen molar-refractivity contribution in [2.45, 2.75) is 36.8 Å². The fraction of sp³-hybridized carbons (Fsp3) is 0.385. The highest BCUT2D eigenvalue weighted by molar-refractivity contribution is 8.13. The number of aromatic nitrogens is 3. The molecule has 0 saturated heterocycles. The van der Waals surface area contributed by atoms with Gasteiger partial charge in [0.1, 0.15) is 6.33 Å². The third kappa shape index (κ3) is 3.20. The number of alkyl halides is 3. The second-order valence-electron chi connectivity index (χ2n) is 5.40. The van der Waals surface area contributed by atoms with Gasteiger partial charge in [0.25, 0.3) is 14.9 Å². The predicted molar refractivity (Wildman–Crippen MR) is 76.1 cm³/mol. The van der Waals surface area contributed by atoms with Gasteiger partial charge >= 0.3 is 6.18 Å². The normalized spacial score (nSPS) is 15.9. The molecule has 1 saturated carbocycles. The molecule has 10 heteroatoms. The second kappa shape index (κ2) is 5.20. The van der Waals surface area contributed by atoms with E-state index < -0.39 is 21.1 Å². The molecule has 0 bridgehead atoms. The molecule has 0 unspecified atom stereocenters. The monoisotopic (exact) mass is 365 g/mol. The zero-order valence-electron chi connectivity index (χ0n) is 11.8. The van der Waals surface area contributed by atoms with E-state index in [1.165, 1.54) is 6.07 Å². The number of hydrogen-bond acceptors (Lipinski definition) is 4. The first-order valence-electron chi connectivity index (χ1n) is 6.66. The average molecular weight is 366 g/mol. The molecule has 0 radical (unpaired) electrons. The Kier molecular flexibility index (Phi) is 3.68. The molecule has 1 fully saturated rings. The van der Waals surface area contributed by atoms with E-state index in [1.54, 1.807) is 13.0 Å². The molecule has 1 heterocycles. The number of halogens is 4. The van der Waals surface area contributed by atoms with E-state index in [2.05, 4.69) is 10.1 Å². The van der Waals surface area contributed by atoms with E-state index in [0.717, 1.165) is 29.4 Å². The zero-order valence-corrected chi connectivity index (χ0v) is 13.4. The van der Waals surface area contributed by atoms with Crippen molar-refractivity contribution < 1.29 is 21.6 Å². The van der Waals surface area contributed by atoms with E-state index in [9.17, 15) is 21.6 Å². The van der Waals surface area contributed by atoms with Crippen LogP contribution in [0.1, 0.15) is 35.7 Å². The maximum Gasteiger partial charge on any atom is 0.453 e. The fourth-order valence-electron chi connectivity index (χ4n) is 2.39. The summed E-state index contributed by atoms with van der Waals surface area (Å²) >= 11 is 0. The van der Waals surface area contributed by atoms with Gasteiger partial charge in [0.2, 0.25) is 0 Å². The van der Waals surface area contributed by atoms with Crippen LogP contribution < -0.4 is 0 Å². The number of hydrogen-bond donors (Lipinski definition) is 0. The molecule has 0 amide bonds. The largest absolute Gasteiger partial charge is 0.453 e. The Morgan fingerprint density at radius 1 is 1.30 bits per heavy atom. The van der Waals surface area contributed by atoms with Crippen LogP contribution in [-0.4, -0.2) is 23.2 Å². The number of nitrogens with zero attached hydrogens (tertiary/aromatic N) is 3. The number of aryl methyl sites for hydroxylation is 1. The van der Waals surface area contributed by atoms with Gasteiger partial charge in [-0.15, -0.1) is 5.10 Å². The van der Waals surface area contributed by atoms with Crippen LogP contribution in [0, 0.1) is 6.92 Å². The van der Waals surface area contributed by atoms with E-state index in [0.29, 0.717) is 5.56 Å². The van der Waals surface area contributed by atoms with Gasteiger partial charge in [-0.25, -0.2) is 18.1 Å². The van der Waals surface area contributed by atoms with Crippen LogP contribution in [0.3, 0.4) is 0 Å². The van der Waals surface area contributed by atoms with Gasteiger partial charge in [0.05, 0.1) is 10.6 Å². The maximum atomic E-state index is 12.7. The molecule has 1 aliphatic rings. The summed E-state index contributed by atoms with van der Waals surface area (Å²) in [5.74, 6) is -1.11. The first-order valence-corrected chi connectivity index (χ1v) is 8.97. The van der Waals surface area contributed by atoms with Crippen LogP contribution in [0.4, 0.5) is 13.2 Å². The Morgan fingerprint density at radius 3 is 2.43 bits per heavy atom. The van der Waals surface area contributed by atoms with Gasteiger partial charge in [0.15, 0.2) is 0 Å². The molecule has 0 atom stereocenters. The van der Waals surface area contributed by atoms with Gasteiger partial charge in [-0.05, 0) is 42.9 Å². The summed E-state index contributed by atoms with van der Waals surface area (Å²) in [6, 6.07) is 2.89. The molecule has 0 spiro atoms. The van der Waals surface area contributed by atoms with Crippen molar-refractivity contribution in [3.05, 3.63) is 35.4 Å². The Bertz CT molecular complexity index is 873. The highest BCUT2D eigenvalue weighted by Crippen LogP contribution is 2.44. The highest BCUT2D eigenvalue weighted by atomic mass is 35.7. The third-order valence-corrected chi connectivity index (χ3v) is 5.06. The van der Waals surface area contributed by atoms with E-state index in [4.69, 9.17) is 10.7 Å². The van der Waals surface area contributed by atoms with Crippen LogP contribution in [0.15, 0.2) is 23.4 Å². The fourth-order valence-corrected chi connectivity index (χ4v) is 3.59. The maximum absolute atomic E-state index is 12.7. The molecule has 124 valence electrons. The van der Waals surface area contributed by atoms with Gasteiger partial charge in [0, 0.05) is 10.7 Å². The lowest BCUT2D eigenvalue weighted by molar-refractivity contribution is -0.144. The first kappa shape index (κ1) is 16.3. The van der Waals surface area contributed by atoms with Crippen molar-refractivity contribution in [3.63, 3.8) is 0 Å². The molecular formula is C13H11ClF3N3O2S. The molecule has 0 aliphatic heterocycles. The molecule has 1 aliphatic carbocycles. The zero-order chi connectivity index (χ0) is 17.0. The van der Waals surface area contributed by atoms with Crippen molar-refractivity contribution in [2.75, 3.05) is 0 Å². The van der Waals surface area contributed by atoms with Crippen LogP contribution in [-0.2, 0) is 15.2 Å². The van der Waals surface area contributed by atoms with Gasteiger partial charge < -0.3 is 0 Å². The summed E-state index contributed by atoms with van der Waals surface area (Å²) in [6.07, 6.45) is -1.97. The quantitative estimate of drug-likeness (QED) is 0.782. The Morgan fingerprint density at radius 2 is 1.96 bits per heavy atom. The Hall–Kier alpha value is -1.61. The smallest absolute Gasteiger partial charge is 0.220 e. The van der Waals surface area contributed by atoms with E-state index >= 15 is 0 Å². The lowest BCUT2D eigenvalue weighted by Crippen LogP contribution is -2.10. The SMILES string of the molecule is Cc1cc(C2CC2)c(-n2cnc(C(F)(F)F)n2)cc1S(=O)(=O)Cl. The van der Waals surface area contributed by atoms with Gasteiger partial charge in [-0.1, -0.05) is 6.07 Å². The summed E-state index contributed by atoms with van der Waals surface area (Å²) in [4.78, 5) is 3.09. The Balaban J connectivity index is 2.19. The van der Waals surface area contributed by atoms with Gasteiger partial charge in [-0.2, -0.15) is 13.2 Å². The van der Waals surface area contributed by atoms with Crippen LogP contribution in [0.25, 0.3) is 5.69 Å². The molecule has 5 nitrogen and oxygen atoms in total. The summed E-state index contributed by atoms with van der Waals surface area (Å²) in [6.45, 7) is 1.59. The standard InChI is InChI=1S/C13H11ClF3N3O2S/c1-7-4-9(8-2-3-8)10(5-11(7)23(14,21)22)20-6-18-12(19-20)13(15,16)17/h4-6,8H,2-3H2,1H3. The number of benzene rings is 1. The molecule has 3 rings (SSSR count). The molecule has 0 N–H and O–H groups in total. The van der Waals surface area contributed by atoms with Crippen molar-refractivity contribution in [1.29, 1.82) is 0 Å². The van der Waals surface area contributed by atoms with Crippen molar-refractivity contribution in [2.24, 2.45) is 0 Å². The van der Waals surface area contributed by atoms with Crippen molar-refractivity contribution >= 4 is 19.7 Å². The van der Waals surface area contributed by atoms with E-state index in [1.807, 2.05) is 0 Å². The van der Waals surface area contributed by atoms with Crippen LogP contribution in [0.5, 0.6) is 0 Å². The highest BCUT2D eigenvalue weighted by Gasteiger charge is 2.36. The van der Waals surface area contributed by atoms with E-state index in [-0.39, 0.29) is 16.5 Å². The predicted octanol–water partition coefficient (Wildman–Crippen LogP) is 3.40. The summed E-state index contributed by atoms with van der Waals surface area (Å²) < 4.78 is 62.2. The van der Waals surface area contributed by atoms with Crippen molar-refractivity contribution in [1.82, 2.24) is 14.8 Å². The third-order valence-electron chi connectivity index (χ3n) is 3.60. The lowest BCUT2D eigenvalue weighted by atomic mass is 10.1. The minimum Gasteiger partial charge on any atom is -0.220 e. The van der Waals surface area contributed by atoms with Crippen LogP contribution >= 0.6 is 10.7 Å².